The Morgan fingerprint density at radius 2 is 2.00 bits per heavy atom. The van der Waals surface area contributed by atoms with Crippen molar-refractivity contribution in [1.82, 2.24) is 0 Å². The van der Waals surface area contributed by atoms with Crippen LogP contribution in [0.15, 0.2) is 11.6 Å². The molecule has 0 heteroatoms. The van der Waals surface area contributed by atoms with Gasteiger partial charge in [-0.25, -0.2) is 0 Å². The standard InChI is InChI=1S/C11H22/c1-5-7-8-11(6-2)9-10(3)4/h6,10H,5,7-9H2,1-4H3. The van der Waals surface area contributed by atoms with E-state index in [9.17, 15) is 0 Å². The minimum Gasteiger partial charge on any atom is -0.0884 e. The zero-order valence-electron chi connectivity index (χ0n) is 8.48. The van der Waals surface area contributed by atoms with Gasteiger partial charge in [0.25, 0.3) is 0 Å². The Balaban J connectivity index is 3.60. The summed E-state index contributed by atoms with van der Waals surface area (Å²) in [6, 6.07) is 0. The van der Waals surface area contributed by atoms with E-state index in [4.69, 9.17) is 0 Å². The first-order chi connectivity index (χ1) is 5.20. The van der Waals surface area contributed by atoms with Crippen LogP contribution in [0.5, 0.6) is 0 Å². The molecule has 0 rings (SSSR count). The fourth-order valence-electron chi connectivity index (χ4n) is 1.29. The van der Waals surface area contributed by atoms with Crippen LogP contribution in [0.4, 0.5) is 0 Å². The monoisotopic (exact) mass is 154 g/mol. The summed E-state index contributed by atoms with van der Waals surface area (Å²) in [5, 5.41) is 0. The van der Waals surface area contributed by atoms with Crippen LogP contribution in [0.25, 0.3) is 0 Å². The Morgan fingerprint density at radius 1 is 1.36 bits per heavy atom. The molecular weight excluding hydrogens is 132 g/mol. The van der Waals surface area contributed by atoms with Crippen LogP contribution in [0.2, 0.25) is 0 Å². The van der Waals surface area contributed by atoms with Crippen LogP contribution in [0.1, 0.15) is 53.4 Å². The van der Waals surface area contributed by atoms with Gasteiger partial charge in [-0.2, -0.15) is 0 Å². The van der Waals surface area contributed by atoms with Crippen molar-refractivity contribution in [2.75, 3.05) is 0 Å². The van der Waals surface area contributed by atoms with Gasteiger partial charge in [-0.15, -0.1) is 0 Å². The van der Waals surface area contributed by atoms with Gasteiger partial charge in [0.1, 0.15) is 0 Å². The maximum atomic E-state index is 2.29. The van der Waals surface area contributed by atoms with Gasteiger partial charge in [-0.3, -0.25) is 0 Å². The van der Waals surface area contributed by atoms with E-state index in [0.717, 1.165) is 5.92 Å². The molecule has 0 aromatic rings. The second-order valence-corrected chi connectivity index (χ2v) is 3.65. The SMILES string of the molecule is CC=C(CCCC)CC(C)C. The van der Waals surface area contributed by atoms with Crippen molar-refractivity contribution in [3.8, 4) is 0 Å². The third-order valence-electron chi connectivity index (χ3n) is 1.93. The third-order valence-corrected chi connectivity index (χ3v) is 1.93. The molecule has 0 fully saturated rings. The van der Waals surface area contributed by atoms with Gasteiger partial charge in [-0.1, -0.05) is 38.8 Å². The first-order valence-electron chi connectivity index (χ1n) is 4.84. The molecule has 0 aromatic carbocycles. The zero-order chi connectivity index (χ0) is 8.69. The highest BCUT2D eigenvalue weighted by Crippen LogP contribution is 2.16. The normalized spacial score (nSPS) is 12.6. The van der Waals surface area contributed by atoms with Crippen molar-refractivity contribution in [2.45, 2.75) is 53.4 Å². The predicted molar refractivity (Wildman–Crippen MR) is 52.7 cm³/mol. The molecule has 0 aliphatic heterocycles. The fraction of sp³-hybridized carbons (Fsp3) is 0.818. The van der Waals surface area contributed by atoms with Crippen LogP contribution < -0.4 is 0 Å². The molecular formula is C11H22. The van der Waals surface area contributed by atoms with Crippen molar-refractivity contribution in [1.29, 1.82) is 0 Å². The fourth-order valence-corrected chi connectivity index (χ4v) is 1.29. The summed E-state index contributed by atoms with van der Waals surface area (Å²) in [4.78, 5) is 0. The van der Waals surface area contributed by atoms with Crippen molar-refractivity contribution >= 4 is 0 Å². The number of hydrogen-bond acceptors (Lipinski definition) is 0. The molecule has 0 radical (unpaired) electrons. The maximum absolute atomic E-state index is 2.29. The molecule has 0 aromatic heterocycles. The van der Waals surface area contributed by atoms with E-state index in [1.165, 1.54) is 25.7 Å². The van der Waals surface area contributed by atoms with Crippen molar-refractivity contribution in [3.63, 3.8) is 0 Å². The predicted octanol–water partition coefficient (Wildman–Crippen LogP) is 4.17. The molecule has 66 valence electrons. The smallest absolute Gasteiger partial charge is 0.0297 e. The van der Waals surface area contributed by atoms with Gasteiger partial charge < -0.3 is 0 Å². The van der Waals surface area contributed by atoms with E-state index in [0.29, 0.717) is 0 Å². The summed E-state index contributed by atoms with van der Waals surface area (Å²) >= 11 is 0. The molecule has 0 aliphatic rings. The van der Waals surface area contributed by atoms with Crippen LogP contribution in [0.3, 0.4) is 0 Å². The first kappa shape index (κ1) is 10.7. The average molecular weight is 154 g/mol. The molecule has 0 unspecified atom stereocenters. The molecule has 11 heavy (non-hydrogen) atoms. The highest BCUT2D eigenvalue weighted by molar-refractivity contribution is 5.00. The van der Waals surface area contributed by atoms with Crippen molar-refractivity contribution < 1.29 is 0 Å². The van der Waals surface area contributed by atoms with Crippen LogP contribution in [0, 0.1) is 5.92 Å². The minimum absolute atomic E-state index is 0.818. The molecule has 0 N–H and O–H groups in total. The molecule has 0 heterocycles. The van der Waals surface area contributed by atoms with Crippen molar-refractivity contribution in [3.05, 3.63) is 11.6 Å². The van der Waals surface area contributed by atoms with Gasteiger partial charge in [-0.05, 0) is 32.1 Å². The Bertz CT molecular complexity index is 109. The first-order valence-corrected chi connectivity index (χ1v) is 4.84. The maximum Gasteiger partial charge on any atom is -0.0297 e. The highest BCUT2D eigenvalue weighted by atomic mass is 14.0. The van der Waals surface area contributed by atoms with E-state index in [1.54, 1.807) is 5.57 Å². The molecule has 0 spiro atoms. The number of hydrogen-bond donors (Lipinski definition) is 0. The largest absolute Gasteiger partial charge is 0.0884 e. The van der Waals surface area contributed by atoms with E-state index in [1.807, 2.05) is 0 Å². The molecule has 0 bridgehead atoms. The second kappa shape index (κ2) is 6.45. The topological polar surface area (TPSA) is 0 Å². The number of rotatable bonds is 5. The lowest BCUT2D eigenvalue weighted by molar-refractivity contribution is 0.613. The lowest BCUT2D eigenvalue weighted by atomic mass is 9.98. The van der Waals surface area contributed by atoms with E-state index < -0.39 is 0 Å². The van der Waals surface area contributed by atoms with Gasteiger partial charge in [0, 0.05) is 0 Å². The number of allylic oxidation sites excluding steroid dienone is 2. The lowest BCUT2D eigenvalue weighted by Crippen LogP contribution is -1.91. The van der Waals surface area contributed by atoms with Crippen LogP contribution >= 0.6 is 0 Å². The molecule has 0 nitrogen and oxygen atoms in total. The summed E-state index contributed by atoms with van der Waals surface area (Å²) in [7, 11) is 0. The van der Waals surface area contributed by atoms with Crippen molar-refractivity contribution in [2.24, 2.45) is 5.92 Å². The summed E-state index contributed by atoms with van der Waals surface area (Å²) in [6.07, 6.45) is 7.55. The second-order valence-electron chi connectivity index (χ2n) is 3.65. The van der Waals surface area contributed by atoms with Gasteiger partial charge in [0.2, 0.25) is 0 Å². The summed E-state index contributed by atoms with van der Waals surface area (Å²) in [5.41, 5.74) is 1.64. The summed E-state index contributed by atoms with van der Waals surface area (Å²) in [6.45, 7) is 8.99. The van der Waals surface area contributed by atoms with Crippen LogP contribution in [-0.2, 0) is 0 Å². The van der Waals surface area contributed by atoms with Crippen LogP contribution in [-0.4, -0.2) is 0 Å². The molecule has 0 amide bonds. The highest BCUT2D eigenvalue weighted by Gasteiger charge is 1.98. The lowest BCUT2D eigenvalue weighted by Gasteiger charge is -2.08. The van der Waals surface area contributed by atoms with E-state index in [-0.39, 0.29) is 0 Å². The molecule has 0 saturated heterocycles. The Kier molecular flexibility index (Phi) is 6.30. The van der Waals surface area contributed by atoms with E-state index >= 15 is 0 Å². The van der Waals surface area contributed by atoms with E-state index in [2.05, 4.69) is 33.8 Å². The molecule has 0 aliphatic carbocycles. The Hall–Kier alpha value is -0.260. The molecule has 0 saturated carbocycles. The summed E-state index contributed by atoms with van der Waals surface area (Å²) in [5.74, 6) is 0.818. The Morgan fingerprint density at radius 3 is 2.36 bits per heavy atom. The average Bonchev–Trinajstić information content (AvgIpc) is 1.97. The molecule has 0 atom stereocenters. The minimum atomic E-state index is 0.818. The van der Waals surface area contributed by atoms with Gasteiger partial charge in [0.15, 0.2) is 0 Å². The van der Waals surface area contributed by atoms with Gasteiger partial charge >= 0.3 is 0 Å². The summed E-state index contributed by atoms with van der Waals surface area (Å²) < 4.78 is 0. The third kappa shape index (κ3) is 6.15. The Labute approximate surface area is 71.7 Å². The van der Waals surface area contributed by atoms with Gasteiger partial charge in [0.05, 0.1) is 0 Å². The quantitative estimate of drug-likeness (QED) is 0.521. The number of unbranched alkanes of at least 4 members (excludes halogenated alkanes) is 1. The zero-order valence-corrected chi connectivity index (χ0v) is 8.48.